The minimum Gasteiger partial charge on any atom is -0.482 e. The van der Waals surface area contributed by atoms with Crippen molar-refractivity contribution in [2.24, 2.45) is 0 Å². The Balaban J connectivity index is 2.11. The molecule has 0 bridgehead atoms. The number of benzene rings is 2. The maximum absolute atomic E-state index is 13.1. The molecular weight excluding hydrogens is 267 g/mol. The summed E-state index contributed by atoms with van der Waals surface area (Å²) in [6, 6.07) is 11.8. The minimum absolute atomic E-state index is 0.0821. The molecule has 0 saturated heterocycles. The molecule has 0 spiro atoms. The third-order valence-electron chi connectivity index (χ3n) is 3.46. The van der Waals surface area contributed by atoms with Gasteiger partial charge in [0.05, 0.1) is 0 Å². The van der Waals surface area contributed by atoms with Crippen LogP contribution in [0.5, 0.6) is 5.75 Å². The zero-order chi connectivity index (χ0) is 15.4. The predicted octanol–water partition coefficient (Wildman–Crippen LogP) is 4.35. The second kappa shape index (κ2) is 6.53. The first-order valence-corrected chi connectivity index (χ1v) is 7.07. The van der Waals surface area contributed by atoms with E-state index >= 15 is 0 Å². The van der Waals surface area contributed by atoms with Crippen molar-refractivity contribution in [3.63, 3.8) is 0 Å². The van der Waals surface area contributed by atoms with E-state index in [4.69, 9.17) is 4.74 Å². The van der Waals surface area contributed by atoms with E-state index in [1.165, 1.54) is 17.7 Å². The molecule has 0 aliphatic carbocycles. The molecule has 1 unspecified atom stereocenters. The van der Waals surface area contributed by atoms with Gasteiger partial charge in [-0.05, 0) is 49.6 Å². The zero-order valence-corrected chi connectivity index (χ0v) is 12.5. The highest BCUT2D eigenvalue weighted by Crippen LogP contribution is 2.21. The van der Waals surface area contributed by atoms with Crippen LogP contribution in [0.1, 0.15) is 35.3 Å². The molecule has 3 heteroatoms. The van der Waals surface area contributed by atoms with Gasteiger partial charge in [-0.2, -0.15) is 0 Å². The molecule has 0 amide bonds. The Morgan fingerprint density at radius 2 is 1.86 bits per heavy atom. The van der Waals surface area contributed by atoms with E-state index in [0.717, 1.165) is 6.42 Å². The van der Waals surface area contributed by atoms with Crippen molar-refractivity contribution in [3.8, 4) is 5.75 Å². The number of hydrogen-bond donors (Lipinski definition) is 0. The Labute approximate surface area is 124 Å². The summed E-state index contributed by atoms with van der Waals surface area (Å²) in [5, 5.41) is 0. The normalized spacial score (nSPS) is 12.0. The third kappa shape index (κ3) is 3.69. The Hall–Kier alpha value is -2.16. The third-order valence-corrected chi connectivity index (χ3v) is 3.46. The highest BCUT2D eigenvalue weighted by Gasteiger charge is 2.17. The van der Waals surface area contributed by atoms with Gasteiger partial charge in [-0.3, -0.25) is 4.79 Å². The zero-order valence-electron chi connectivity index (χ0n) is 12.5. The molecule has 2 aromatic rings. The summed E-state index contributed by atoms with van der Waals surface area (Å²) in [6.07, 6.45) is 0.330. The molecule has 2 aromatic carbocycles. The molecule has 0 saturated carbocycles. The first-order chi connectivity index (χ1) is 10.0. The van der Waals surface area contributed by atoms with E-state index in [0.29, 0.717) is 16.9 Å². The molecule has 0 aromatic heterocycles. The van der Waals surface area contributed by atoms with E-state index < -0.39 is 6.10 Å². The van der Waals surface area contributed by atoms with Crippen molar-refractivity contribution in [3.05, 3.63) is 65.0 Å². The molecule has 0 radical (unpaired) electrons. The lowest BCUT2D eigenvalue weighted by atomic mass is 10.0. The lowest BCUT2D eigenvalue weighted by molar-refractivity contribution is 0.0817. The van der Waals surface area contributed by atoms with E-state index in [9.17, 15) is 9.18 Å². The first kappa shape index (κ1) is 15.2. The summed E-state index contributed by atoms with van der Waals surface area (Å²) in [6.45, 7) is 5.53. The van der Waals surface area contributed by atoms with Crippen LogP contribution in [-0.4, -0.2) is 11.9 Å². The van der Waals surface area contributed by atoms with Gasteiger partial charge in [0, 0.05) is 5.56 Å². The lowest BCUT2D eigenvalue weighted by Crippen LogP contribution is -2.24. The van der Waals surface area contributed by atoms with Gasteiger partial charge in [0.15, 0.2) is 6.10 Å². The minimum atomic E-state index is -0.610. The molecule has 1 atom stereocenters. The lowest BCUT2D eigenvalue weighted by Gasteiger charge is -2.15. The van der Waals surface area contributed by atoms with Crippen molar-refractivity contribution < 1.29 is 13.9 Å². The number of ketones is 1. The SMILES string of the molecule is CCc1ccc(C(=O)C(C)Oc2ccc(F)cc2C)cc1. The number of hydrogen-bond acceptors (Lipinski definition) is 2. The van der Waals surface area contributed by atoms with Crippen molar-refractivity contribution in [1.82, 2.24) is 0 Å². The highest BCUT2D eigenvalue weighted by atomic mass is 19.1. The number of ether oxygens (including phenoxy) is 1. The molecule has 0 heterocycles. The van der Waals surface area contributed by atoms with E-state index in [1.54, 1.807) is 19.9 Å². The summed E-state index contributed by atoms with van der Waals surface area (Å²) in [4.78, 5) is 12.3. The van der Waals surface area contributed by atoms with Crippen LogP contribution < -0.4 is 4.74 Å². The second-order valence-corrected chi connectivity index (χ2v) is 5.08. The van der Waals surface area contributed by atoms with Crippen molar-refractivity contribution in [1.29, 1.82) is 0 Å². The number of carbonyl (C=O) groups excluding carboxylic acids is 1. The topological polar surface area (TPSA) is 26.3 Å². The summed E-state index contributed by atoms with van der Waals surface area (Å²) in [5.41, 5.74) is 2.49. The van der Waals surface area contributed by atoms with Crippen LogP contribution in [0.3, 0.4) is 0 Å². The summed E-state index contributed by atoms with van der Waals surface area (Å²) in [5.74, 6) is 0.137. The van der Waals surface area contributed by atoms with Crippen molar-refractivity contribution >= 4 is 5.78 Å². The Bertz CT molecular complexity index is 632. The second-order valence-electron chi connectivity index (χ2n) is 5.08. The van der Waals surface area contributed by atoms with Gasteiger partial charge in [-0.1, -0.05) is 31.2 Å². The fourth-order valence-corrected chi connectivity index (χ4v) is 2.13. The smallest absolute Gasteiger partial charge is 0.202 e. The van der Waals surface area contributed by atoms with E-state index in [1.807, 2.05) is 24.3 Å². The van der Waals surface area contributed by atoms with Crippen molar-refractivity contribution in [2.75, 3.05) is 0 Å². The monoisotopic (exact) mass is 286 g/mol. The molecular formula is C18H19FO2. The summed E-state index contributed by atoms with van der Waals surface area (Å²) >= 11 is 0. The van der Waals surface area contributed by atoms with Crippen LogP contribution in [0.2, 0.25) is 0 Å². The van der Waals surface area contributed by atoms with Gasteiger partial charge in [-0.25, -0.2) is 4.39 Å². The first-order valence-electron chi connectivity index (χ1n) is 7.07. The maximum Gasteiger partial charge on any atom is 0.202 e. The molecule has 110 valence electrons. The maximum atomic E-state index is 13.1. The quantitative estimate of drug-likeness (QED) is 0.764. The fraction of sp³-hybridized carbons (Fsp3) is 0.278. The summed E-state index contributed by atoms with van der Waals surface area (Å²) in [7, 11) is 0. The van der Waals surface area contributed by atoms with E-state index in [2.05, 4.69) is 6.92 Å². The fourth-order valence-electron chi connectivity index (χ4n) is 2.13. The van der Waals surface area contributed by atoms with Crippen LogP contribution in [0, 0.1) is 12.7 Å². The van der Waals surface area contributed by atoms with Gasteiger partial charge < -0.3 is 4.74 Å². The number of halogens is 1. The van der Waals surface area contributed by atoms with Crippen LogP contribution in [0.4, 0.5) is 4.39 Å². The van der Waals surface area contributed by atoms with Gasteiger partial charge >= 0.3 is 0 Å². The van der Waals surface area contributed by atoms with Crippen LogP contribution in [0.25, 0.3) is 0 Å². The Morgan fingerprint density at radius 1 is 1.19 bits per heavy atom. The molecule has 0 fully saturated rings. The predicted molar refractivity (Wildman–Crippen MR) is 81.4 cm³/mol. The van der Waals surface area contributed by atoms with Crippen LogP contribution in [-0.2, 0) is 6.42 Å². The number of Topliss-reactive ketones (excluding diaryl/α,β-unsaturated/α-hetero) is 1. The molecule has 2 rings (SSSR count). The Morgan fingerprint density at radius 3 is 2.43 bits per heavy atom. The number of rotatable bonds is 5. The summed E-state index contributed by atoms with van der Waals surface area (Å²) < 4.78 is 18.7. The largest absolute Gasteiger partial charge is 0.482 e. The number of aryl methyl sites for hydroxylation is 2. The average molecular weight is 286 g/mol. The van der Waals surface area contributed by atoms with Crippen LogP contribution in [0.15, 0.2) is 42.5 Å². The van der Waals surface area contributed by atoms with Gasteiger partial charge in [0.2, 0.25) is 5.78 Å². The highest BCUT2D eigenvalue weighted by molar-refractivity contribution is 5.99. The van der Waals surface area contributed by atoms with Gasteiger partial charge in [0.25, 0.3) is 0 Å². The number of carbonyl (C=O) groups is 1. The van der Waals surface area contributed by atoms with Crippen molar-refractivity contribution in [2.45, 2.75) is 33.3 Å². The van der Waals surface area contributed by atoms with Crippen LogP contribution >= 0.6 is 0 Å². The standard InChI is InChI=1S/C18H19FO2/c1-4-14-5-7-15(8-6-14)18(20)13(3)21-17-10-9-16(19)11-12(17)2/h5-11,13H,4H2,1-3H3. The molecule has 0 aliphatic heterocycles. The molecule has 2 nitrogen and oxygen atoms in total. The molecule has 0 aliphatic rings. The molecule has 0 N–H and O–H groups in total. The average Bonchev–Trinajstić information content (AvgIpc) is 2.49. The Kier molecular flexibility index (Phi) is 4.73. The molecule has 21 heavy (non-hydrogen) atoms. The van der Waals surface area contributed by atoms with E-state index in [-0.39, 0.29) is 11.6 Å². The van der Waals surface area contributed by atoms with Gasteiger partial charge in [0.1, 0.15) is 11.6 Å². The van der Waals surface area contributed by atoms with Gasteiger partial charge in [-0.15, -0.1) is 0 Å².